The molecule has 1 aliphatic carbocycles. The van der Waals surface area contributed by atoms with Crippen LogP contribution in [0.15, 0.2) is 35.6 Å². The van der Waals surface area contributed by atoms with Crippen LogP contribution in [-0.2, 0) is 19.1 Å². The first kappa shape index (κ1) is 20.9. The number of Topliss-reactive ketones (excluding diaryl/α,β-unsaturated/α-hetero) is 1. The molecule has 7 nitrogen and oxygen atoms in total. The van der Waals surface area contributed by atoms with Gasteiger partial charge in [-0.1, -0.05) is 12.1 Å². The lowest BCUT2D eigenvalue weighted by Gasteiger charge is -2.38. The first-order chi connectivity index (χ1) is 14.4. The molecule has 7 heteroatoms. The molecule has 0 aromatic heterocycles. The third-order valence-electron chi connectivity index (χ3n) is 6.45. The van der Waals surface area contributed by atoms with Gasteiger partial charge in [-0.05, 0) is 44.6 Å². The number of benzene rings is 1. The quantitative estimate of drug-likeness (QED) is 0.711. The Morgan fingerprint density at radius 3 is 2.50 bits per heavy atom. The van der Waals surface area contributed by atoms with Gasteiger partial charge >= 0.3 is 0 Å². The molecule has 4 atom stereocenters. The molecule has 4 rings (SSSR count). The van der Waals surface area contributed by atoms with E-state index in [2.05, 4.69) is 0 Å². The molecule has 1 aromatic rings. The first-order valence-electron chi connectivity index (χ1n) is 10.5. The van der Waals surface area contributed by atoms with Crippen LogP contribution in [0.4, 0.5) is 0 Å². The van der Waals surface area contributed by atoms with Crippen molar-refractivity contribution in [2.75, 3.05) is 41.4 Å². The zero-order valence-corrected chi connectivity index (χ0v) is 18.1. The summed E-state index contributed by atoms with van der Waals surface area (Å²) in [5, 5.41) is 0. The van der Waals surface area contributed by atoms with Crippen LogP contribution in [0.2, 0.25) is 0 Å². The largest absolute Gasteiger partial charge is 0.497 e. The van der Waals surface area contributed by atoms with Crippen molar-refractivity contribution in [3.8, 4) is 5.75 Å². The van der Waals surface area contributed by atoms with Gasteiger partial charge in [-0.2, -0.15) is 0 Å². The number of rotatable bonds is 6. The van der Waals surface area contributed by atoms with E-state index in [-0.39, 0.29) is 35.6 Å². The van der Waals surface area contributed by atoms with Crippen molar-refractivity contribution in [3.05, 3.63) is 41.2 Å². The second-order valence-electron chi connectivity index (χ2n) is 8.52. The average Bonchev–Trinajstić information content (AvgIpc) is 3.04. The predicted molar refractivity (Wildman–Crippen MR) is 111 cm³/mol. The molecule has 0 radical (unpaired) electrons. The number of carbonyl (C=O) groups excluding carboxylic acids is 2. The number of likely N-dealkylation sites (N-methyl/N-ethyl adjacent to an activating group) is 1. The minimum Gasteiger partial charge on any atom is -0.497 e. The fourth-order valence-electron chi connectivity index (χ4n) is 4.76. The van der Waals surface area contributed by atoms with Crippen molar-refractivity contribution in [2.24, 2.45) is 5.92 Å². The van der Waals surface area contributed by atoms with Gasteiger partial charge in [0.1, 0.15) is 11.9 Å². The van der Waals surface area contributed by atoms with Crippen molar-refractivity contribution < 1.29 is 23.8 Å². The summed E-state index contributed by atoms with van der Waals surface area (Å²) in [5.41, 5.74) is 1.41. The monoisotopic (exact) mass is 414 g/mol. The zero-order valence-electron chi connectivity index (χ0n) is 18.1. The Hall–Kier alpha value is -2.38. The van der Waals surface area contributed by atoms with E-state index in [0.29, 0.717) is 25.1 Å². The number of ketones is 1. The van der Waals surface area contributed by atoms with E-state index >= 15 is 0 Å². The Kier molecular flexibility index (Phi) is 5.84. The number of nitrogens with zero attached hydrogens (tertiary/aromatic N) is 2. The summed E-state index contributed by atoms with van der Waals surface area (Å²) in [6.45, 7) is 1.22. The molecule has 0 saturated heterocycles. The van der Waals surface area contributed by atoms with E-state index in [1.165, 1.54) is 0 Å². The van der Waals surface area contributed by atoms with Crippen LogP contribution in [0.1, 0.15) is 30.9 Å². The minimum atomic E-state index is -0.424. The molecule has 0 N–H and O–H groups in total. The predicted octanol–water partition coefficient (Wildman–Crippen LogP) is 2.18. The number of ether oxygens (including phenoxy) is 3. The van der Waals surface area contributed by atoms with Gasteiger partial charge in [0, 0.05) is 26.6 Å². The van der Waals surface area contributed by atoms with Crippen LogP contribution in [-0.4, -0.2) is 75.1 Å². The molecular formula is C23H30N2O5. The Morgan fingerprint density at radius 1 is 1.13 bits per heavy atom. The molecular weight excluding hydrogens is 384 g/mol. The topological polar surface area (TPSA) is 68.3 Å². The first-order valence-corrected chi connectivity index (χ1v) is 10.5. The van der Waals surface area contributed by atoms with E-state index in [4.69, 9.17) is 14.2 Å². The Labute approximate surface area is 177 Å². The van der Waals surface area contributed by atoms with Gasteiger partial charge < -0.3 is 24.0 Å². The summed E-state index contributed by atoms with van der Waals surface area (Å²) >= 11 is 0. The zero-order chi connectivity index (χ0) is 21.4. The molecule has 1 aromatic carbocycles. The fraction of sp³-hybridized carbons (Fsp3) is 0.565. The SMILES string of the molecule is COc1ccc(C2C3=C(OC4CC(OC)CCC4C3=O)C(=O)N2CCN(C)C)cc1. The molecule has 0 spiro atoms. The molecule has 1 amide bonds. The standard InChI is InChI=1S/C23H30N2O5/c1-24(2)11-12-25-20(14-5-7-15(28-3)8-6-14)19-21(26)17-10-9-16(29-4)13-18(17)30-22(19)23(25)27/h5-8,16-18,20H,9-13H2,1-4H3. The highest BCUT2D eigenvalue weighted by Crippen LogP contribution is 2.47. The summed E-state index contributed by atoms with van der Waals surface area (Å²) in [7, 11) is 7.24. The Bertz CT molecular complexity index is 848. The van der Waals surface area contributed by atoms with Gasteiger partial charge in [-0.3, -0.25) is 9.59 Å². The van der Waals surface area contributed by atoms with Crippen molar-refractivity contribution in [1.82, 2.24) is 9.80 Å². The Morgan fingerprint density at radius 2 is 1.87 bits per heavy atom. The van der Waals surface area contributed by atoms with Gasteiger partial charge in [0.05, 0.1) is 30.7 Å². The van der Waals surface area contributed by atoms with Crippen LogP contribution in [0.25, 0.3) is 0 Å². The number of methoxy groups -OCH3 is 2. The van der Waals surface area contributed by atoms with E-state index in [1.54, 1.807) is 19.1 Å². The highest BCUT2D eigenvalue weighted by atomic mass is 16.5. The third kappa shape index (κ3) is 3.61. The van der Waals surface area contributed by atoms with Crippen molar-refractivity contribution in [2.45, 2.75) is 37.5 Å². The van der Waals surface area contributed by atoms with Gasteiger partial charge in [0.15, 0.2) is 11.5 Å². The molecule has 1 fully saturated rings. The van der Waals surface area contributed by atoms with E-state index in [9.17, 15) is 9.59 Å². The lowest BCUT2D eigenvalue weighted by atomic mass is 9.76. The highest BCUT2D eigenvalue weighted by molar-refractivity contribution is 6.11. The molecule has 4 unspecified atom stereocenters. The maximum absolute atomic E-state index is 13.6. The van der Waals surface area contributed by atoms with E-state index in [1.807, 2.05) is 43.3 Å². The lowest BCUT2D eigenvalue weighted by molar-refractivity contribution is -0.138. The van der Waals surface area contributed by atoms with Gasteiger partial charge in [0.2, 0.25) is 0 Å². The number of fused-ring (bicyclic) bond motifs is 1. The number of carbonyl (C=O) groups is 2. The molecule has 1 saturated carbocycles. The fourth-order valence-corrected chi connectivity index (χ4v) is 4.76. The maximum Gasteiger partial charge on any atom is 0.290 e. The summed E-state index contributed by atoms with van der Waals surface area (Å²) in [5.74, 6) is 0.618. The molecule has 0 bridgehead atoms. The van der Waals surface area contributed by atoms with Crippen LogP contribution in [0.5, 0.6) is 5.75 Å². The van der Waals surface area contributed by atoms with E-state index < -0.39 is 6.04 Å². The van der Waals surface area contributed by atoms with Gasteiger partial charge in [0.25, 0.3) is 5.91 Å². The number of hydrogen-bond donors (Lipinski definition) is 0. The van der Waals surface area contributed by atoms with Crippen LogP contribution in [0, 0.1) is 5.92 Å². The summed E-state index contributed by atoms with van der Waals surface area (Å²) in [6, 6.07) is 7.16. The second-order valence-corrected chi connectivity index (χ2v) is 8.52. The summed E-state index contributed by atoms with van der Waals surface area (Å²) < 4.78 is 17.0. The van der Waals surface area contributed by atoms with Crippen molar-refractivity contribution in [1.29, 1.82) is 0 Å². The molecule has 2 aliphatic heterocycles. The maximum atomic E-state index is 13.6. The van der Waals surface area contributed by atoms with Crippen molar-refractivity contribution in [3.63, 3.8) is 0 Å². The van der Waals surface area contributed by atoms with Crippen LogP contribution < -0.4 is 4.74 Å². The smallest absolute Gasteiger partial charge is 0.290 e. The molecule has 30 heavy (non-hydrogen) atoms. The van der Waals surface area contributed by atoms with Gasteiger partial charge in [-0.15, -0.1) is 0 Å². The minimum absolute atomic E-state index is 0.0531. The normalized spacial score (nSPS) is 28.5. The Balaban J connectivity index is 1.71. The number of hydrogen-bond acceptors (Lipinski definition) is 6. The van der Waals surface area contributed by atoms with Crippen molar-refractivity contribution >= 4 is 11.7 Å². The van der Waals surface area contributed by atoms with E-state index in [0.717, 1.165) is 24.2 Å². The van der Waals surface area contributed by atoms with Crippen LogP contribution in [0.3, 0.4) is 0 Å². The van der Waals surface area contributed by atoms with Gasteiger partial charge in [-0.25, -0.2) is 0 Å². The number of amides is 1. The molecule has 162 valence electrons. The average molecular weight is 415 g/mol. The summed E-state index contributed by atoms with van der Waals surface area (Å²) in [6.07, 6.45) is 1.98. The lowest BCUT2D eigenvalue weighted by Crippen LogP contribution is -2.43. The highest BCUT2D eigenvalue weighted by Gasteiger charge is 2.52. The second kappa shape index (κ2) is 8.40. The third-order valence-corrected chi connectivity index (χ3v) is 6.45. The summed E-state index contributed by atoms with van der Waals surface area (Å²) in [4.78, 5) is 30.7. The van der Waals surface area contributed by atoms with Crippen LogP contribution >= 0.6 is 0 Å². The molecule has 2 heterocycles. The molecule has 3 aliphatic rings.